The largest absolute Gasteiger partial charge is 0.354 e. The Kier molecular flexibility index (Phi) is 9.08. The van der Waals surface area contributed by atoms with Crippen molar-refractivity contribution in [1.82, 2.24) is 10.2 Å². The van der Waals surface area contributed by atoms with Crippen molar-refractivity contribution in [3.8, 4) is 0 Å². The van der Waals surface area contributed by atoms with Crippen LogP contribution in [0.1, 0.15) is 37.0 Å². The van der Waals surface area contributed by atoms with Gasteiger partial charge in [-0.2, -0.15) is 0 Å². The van der Waals surface area contributed by atoms with E-state index in [9.17, 15) is 9.59 Å². The lowest BCUT2D eigenvalue weighted by atomic mass is 10.1. The maximum Gasteiger partial charge on any atom is 0.242 e. The van der Waals surface area contributed by atoms with E-state index in [4.69, 9.17) is 0 Å². The first-order chi connectivity index (χ1) is 13.5. The quantitative estimate of drug-likeness (QED) is 0.653. The lowest BCUT2D eigenvalue weighted by Crippen LogP contribution is -2.48. The van der Waals surface area contributed by atoms with Crippen LogP contribution in [0.4, 0.5) is 0 Å². The van der Waals surface area contributed by atoms with Gasteiger partial charge < -0.3 is 10.2 Å². The molecule has 150 valence electrons. The Morgan fingerprint density at radius 3 is 2.46 bits per heavy atom. The van der Waals surface area contributed by atoms with Crippen LogP contribution in [0.5, 0.6) is 0 Å². The Hall–Kier alpha value is -2.27. The molecule has 0 aliphatic carbocycles. The van der Waals surface area contributed by atoms with Crippen molar-refractivity contribution >= 4 is 23.6 Å². The predicted molar refractivity (Wildman–Crippen MR) is 117 cm³/mol. The lowest BCUT2D eigenvalue weighted by molar-refractivity contribution is -0.138. The van der Waals surface area contributed by atoms with Crippen LogP contribution in [0.2, 0.25) is 0 Å². The number of nitrogens with one attached hydrogen (secondary N) is 1. The zero-order valence-corrected chi connectivity index (χ0v) is 17.8. The molecule has 0 saturated carbocycles. The van der Waals surface area contributed by atoms with Gasteiger partial charge in [0.25, 0.3) is 0 Å². The van der Waals surface area contributed by atoms with Gasteiger partial charge in [0.1, 0.15) is 6.04 Å². The highest BCUT2D eigenvalue weighted by molar-refractivity contribution is 7.99. The average Bonchev–Trinajstić information content (AvgIpc) is 2.70. The monoisotopic (exact) mass is 398 g/mol. The van der Waals surface area contributed by atoms with Crippen LogP contribution in [-0.4, -0.2) is 35.1 Å². The third kappa shape index (κ3) is 7.04. The van der Waals surface area contributed by atoms with Gasteiger partial charge in [-0.25, -0.2) is 0 Å². The predicted octanol–water partition coefficient (Wildman–Crippen LogP) is 4.17. The number of hydrogen-bond acceptors (Lipinski definition) is 3. The molecule has 0 saturated heterocycles. The van der Waals surface area contributed by atoms with E-state index in [-0.39, 0.29) is 11.8 Å². The highest BCUT2D eigenvalue weighted by atomic mass is 32.2. The van der Waals surface area contributed by atoms with Gasteiger partial charge in [-0.05, 0) is 31.4 Å². The van der Waals surface area contributed by atoms with Gasteiger partial charge in [0.05, 0.1) is 5.75 Å². The first-order valence-corrected chi connectivity index (χ1v) is 10.9. The highest BCUT2D eigenvalue weighted by Crippen LogP contribution is 2.16. The SMILES string of the molecule is CCCNC(=O)C(C)N(Cc1cccc(C)c1)C(=O)CSCc1ccccc1. The summed E-state index contributed by atoms with van der Waals surface area (Å²) in [6, 6.07) is 17.7. The molecule has 0 bridgehead atoms. The normalized spacial score (nSPS) is 11.7. The number of amides is 2. The van der Waals surface area contributed by atoms with Crippen molar-refractivity contribution in [3.63, 3.8) is 0 Å². The second-order valence-corrected chi connectivity index (χ2v) is 7.94. The molecule has 28 heavy (non-hydrogen) atoms. The lowest BCUT2D eigenvalue weighted by Gasteiger charge is -2.29. The summed E-state index contributed by atoms with van der Waals surface area (Å²) in [5.41, 5.74) is 3.38. The van der Waals surface area contributed by atoms with Crippen LogP contribution in [0.15, 0.2) is 54.6 Å². The van der Waals surface area contributed by atoms with Crippen molar-refractivity contribution < 1.29 is 9.59 Å². The van der Waals surface area contributed by atoms with Crippen molar-refractivity contribution in [1.29, 1.82) is 0 Å². The molecule has 2 aromatic rings. The van der Waals surface area contributed by atoms with E-state index in [1.54, 1.807) is 23.6 Å². The van der Waals surface area contributed by atoms with E-state index >= 15 is 0 Å². The fourth-order valence-corrected chi connectivity index (χ4v) is 3.77. The Labute approximate surface area is 172 Å². The molecule has 0 aromatic heterocycles. The molecular formula is C23H30N2O2S. The number of carbonyl (C=O) groups excluding carboxylic acids is 2. The minimum atomic E-state index is -0.503. The average molecular weight is 399 g/mol. The van der Waals surface area contributed by atoms with E-state index < -0.39 is 6.04 Å². The molecule has 0 radical (unpaired) electrons. The number of hydrogen-bond donors (Lipinski definition) is 1. The van der Waals surface area contributed by atoms with E-state index in [1.165, 1.54) is 5.56 Å². The van der Waals surface area contributed by atoms with Gasteiger partial charge >= 0.3 is 0 Å². The van der Waals surface area contributed by atoms with Gasteiger partial charge in [-0.15, -0.1) is 11.8 Å². The van der Waals surface area contributed by atoms with Gasteiger partial charge in [-0.1, -0.05) is 67.1 Å². The van der Waals surface area contributed by atoms with E-state index in [1.807, 2.05) is 50.2 Å². The summed E-state index contributed by atoms with van der Waals surface area (Å²) in [7, 11) is 0. The molecule has 0 aliphatic rings. The Morgan fingerprint density at radius 1 is 1.07 bits per heavy atom. The summed E-state index contributed by atoms with van der Waals surface area (Å²) in [6.45, 7) is 6.91. The fourth-order valence-electron chi connectivity index (χ4n) is 2.90. The molecule has 1 N–H and O–H groups in total. The van der Waals surface area contributed by atoms with E-state index in [0.29, 0.717) is 18.8 Å². The summed E-state index contributed by atoms with van der Waals surface area (Å²) in [5.74, 6) is 1.02. The maximum absolute atomic E-state index is 13.0. The summed E-state index contributed by atoms with van der Waals surface area (Å²) in [5, 5.41) is 2.91. The molecule has 2 aromatic carbocycles. The zero-order valence-electron chi connectivity index (χ0n) is 17.0. The molecule has 1 unspecified atom stereocenters. The van der Waals surface area contributed by atoms with Crippen LogP contribution >= 0.6 is 11.8 Å². The fraction of sp³-hybridized carbons (Fsp3) is 0.391. The van der Waals surface area contributed by atoms with Crippen molar-refractivity contribution in [3.05, 3.63) is 71.3 Å². The summed E-state index contributed by atoms with van der Waals surface area (Å²) < 4.78 is 0. The molecule has 0 fully saturated rings. The smallest absolute Gasteiger partial charge is 0.242 e. The van der Waals surface area contributed by atoms with Gasteiger partial charge in [-0.3, -0.25) is 9.59 Å². The molecule has 2 rings (SSSR count). The Balaban J connectivity index is 2.04. The van der Waals surface area contributed by atoms with Gasteiger partial charge in [0.15, 0.2) is 0 Å². The second-order valence-electron chi connectivity index (χ2n) is 6.96. The van der Waals surface area contributed by atoms with Crippen LogP contribution in [0.25, 0.3) is 0 Å². The minimum Gasteiger partial charge on any atom is -0.354 e. The molecule has 0 spiro atoms. The topological polar surface area (TPSA) is 49.4 Å². The van der Waals surface area contributed by atoms with E-state index in [2.05, 4.69) is 23.5 Å². The Bertz CT molecular complexity index is 764. The molecule has 0 heterocycles. The third-order valence-electron chi connectivity index (χ3n) is 4.49. The number of carbonyl (C=O) groups is 2. The summed E-state index contributed by atoms with van der Waals surface area (Å²) in [6.07, 6.45) is 0.872. The minimum absolute atomic E-state index is 0.0124. The van der Waals surface area contributed by atoms with Gasteiger partial charge in [0.2, 0.25) is 11.8 Å². The Morgan fingerprint density at radius 2 is 1.79 bits per heavy atom. The molecule has 2 amide bonds. The number of aryl methyl sites for hydroxylation is 1. The first-order valence-electron chi connectivity index (χ1n) is 9.75. The molecule has 0 aliphatic heterocycles. The van der Waals surface area contributed by atoms with Crippen molar-refractivity contribution in [2.75, 3.05) is 12.3 Å². The number of benzene rings is 2. The summed E-state index contributed by atoms with van der Waals surface area (Å²) in [4.78, 5) is 27.1. The number of thioether (sulfide) groups is 1. The van der Waals surface area contributed by atoms with Gasteiger partial charge in [0, 0.05) is 18.8 Å². The molecular weight excluding hydrogens is 368 g/mol. The van der Waals surface area contributed by atoms with Crippen LogP contribution in [0, 0.1) is 6.92 Å². The number of rotatable bonds is 10. The zero-order chi connectivity index (χ0) is 20.4. The second kappa shape index (κ2) is 11.5. The third-order valence-corrected chi connectivity index (χ3v) is 5.48. The molecule has 4 nitrogen and oxygen atoms in total. The van der Waals surface area contributed by atoms with E-state index in [0.717, 1.165) is 23.3 Å². The highest BCUT2D eigenvalue weighted by Gasteiger charge is 2.25. The summed E-state index contributed by atoms with van der Waals surface area (Å²) >= 11 is 1.58. The van der Waals surface area contributed by atoms with Crippen LogP contribution in [0.3, 0.4) is 0 Å². The standard InChI is InChI=1S/C23H30N2O2S/c1-4-13-24-23(27)19(3)25(15-21-12-8-9-18(2)14-21)22(26)17-28-16-20-10-6-5-7-11-20/h5-12,14,19H,4,13,15-17H2,1-3H3,(H,24,27). The maximum atomic E-state index is 13.0. The van der Waals surface area contributed by atoms with Crippen LogP contribution < -0.4 is 5.32 Å². The molecule has 1 atom stereocenters. The van der Waals surface area contributed by atoms with Crippen molar-refractivity contribution in [2.45, 2.75) is 45.5 Å². The first kappa shape index (κ1) is 22.0. The molecule has 5 heteroatoms. The van der Waals surface area contributed by atoms with Crippen LogP contribution in [-0.2, 0) is 21.9 Å². The number of nitrogens with zero attached hydrogens (tertiary/aromatic N) is 1. The van der Waals surface area contributed by atoms with Crippen molar-refractivity contribution in [2.24, 2.45) is 0 Å².